The van der Waals surface area contributed by atoms with Crippen molar-refractivity contribution in [2.24, 2.45) is 0 Å². The van der Waals surface area contributed by atoms with E-state index in [4.69, 9.17) is 9.47 Å². The van der Waals surface area contributed by atoms with Gasteiger partial charge in [-0.1, -0.05) is 6.92 Å². The second-order valence-electron chi connectivity index (χ2n) is 6.46. The highest BCUT2D eigenvalue weighted by molar-refractivity contribution is 5.75. The van der Waals surface area contributed by atoms with Gasteiger partial charge in [0.2, 0.25) is 5.91 Å². The van der Waals surface area contributed by atoms with Crippen molar-refractivity contribution in [1.82, 2.24) is 10.2 Å². The molecule has 0 saturated carbocycles. The highest BCUT2D eigenvalue weighted by atomic mass is 16.6. The quantitative estimate of drug-likeness (QED) is 0.842. The molecule has 2 amide bonds. The topological polar surface area (TPSA) is 67.9 Å². The predicted octanol–water partition coefficient (Wildman–Crippen LogP) is 1.93. The average molecular weight is 300 g/mol. The number of hydrogen-bond acceptors (Lipinski definition) is 4. The minimum Gasteiger partial charge on any atom is -0.444 e. The number of rotatable bonds is 5. The van der Waals surface area contributed by atoms with Crippen LogP contribution in [0.4, 0.5) is 4.79 Å². The Hall–Kier alpha value is -1.30. The lowest BCUT2D eigenvalue weighted by molar-refractivity contribution is -0.123. The number of carbonyl (C=O) groups excluding carboxylic acids is 2. The molecule has 0 aromatic rings. The molecule has 1 atom stereocenters. The first-order valence-electron chi connectivity index (χ1n) is 7.54. The van der Waals surface area contributed by atoms with Crippen molar-refractivity contribution in [3.8, 4) is 0 Å². The Labute approximate surface area is 127 Å². The summed E-state index contributed by atoms with van der Waals surface area (Å²) in [6, 6.07) is 0. The summed E-state index contributed by atoms with van der Waals surface area (Å²) in [6.45, 7) is 9.12. The van der Waals surface area contributed by atoms with Crippen molar-refractivity contribution >= 4 is 12.0 Å². The molecule has 122 valence electrons. The Morgan fingerprint density at radius 2 is 2.00 bits per heavy atom. The molecule has 1 N–H and O–H groups in total. The summed E-state index contributed by atoms with van der Waals surface area (Å²) in [5.41, 5.74) is -0.848. The molecule has 1 saturated heterocycles. The number of ether oxygens (including phenoxy) is 2. The molecular weight excluding hydrogens is 272 g/mol. The van der Waals surface area contributed by atoms with E-state index in [1.54, 1.807) is 11.9 Å². The minimum atomic E-state index is -0.491. The van der Waals surface area contributed by atoms with Gasteiger partial charge in [0, 0.05) is 20.0 Å². The first kappa shape index (κ1) is 17.8. The molecule has 0 aliphatic carbocycles. The lowest BCUT2D eigenvalue weighted by Gasteiger charge is -2.29. The molecule has 1 aliphatic heterocycles. The van der Waals surface area contributed by atoms with Crippen LogP contribution in [0.2, 0.25) is 0 Å². The Morgan fingerprint density at radius 1 is 1.33 bits per heavy atom. The van der Waals surface area contributed by atoms with Crippen LogP contribution in [-0.4, -0.2) is 54.8 Å². The largest absolute Gasteiger partial charge is 0.444 e. The third-order valence-electron chi connectivity index (χ3n) is 3.63. The van der Waals surface area contributed by atoms with Gasteiger partial charge in [0.25, 0.3) is 0 Å². The number of nitrogens with zero attached hydrogens (tertiary/aromatic N) is 1. The summed E-state index contributed by atoms with van der Waals surface area (Å²) in [5.74, 6) is -0.0387. The van der Waals surface area contributed by atoms with Crippen LogP contribution < -0.4 is 5.32 Å². The van der Waals surface area contributed by atoms with Crippen LogP contribution in [0.25, 0.3) is 0 Å². The van der Waals surface area contributed by atoms with E-state index in [-0.39, 0.29) is 17.6 Å². The van der Waals surface area contributed by atoms with Gasteiger partial charge in [-0.25, -0.2) is 4.79 Å². The molecule has 0 spiro atoms. The van der Waals surface area contributed by atoms with Gasteiger partial charge in [0.05, 0.1) is 18.8 Å². The maximum Gasteiger partial charge on any atom is 0.410 e. The summed E-state index contributed by atoms with van der Waals surface area (Å²) >= 11 is 0. The van der Waals surface area contributed by atoms with Crippen molar-refractivity contribution in [2.75, 3.05) is 26.7 Å². The highest BCUT2D eigenvalue weighted by Crippen LogP contribution is 2.30. The molecule has 1 heterocycles. The summed E-state index contributed by atoms with van der Waals surface area (Å²) in [5, 5.41) is 2.57. The van der Waals surface area contributed by atoms with Crippen LogP contribution in [0.3, 0.4) is 0 Å². The Balaban J connectivity index is 2.51. The first-order valence-corrected chi connectivity index (χ1v) is 7.54. The Morgan fingerprint density at radius 3 is 2.52 bits per heavy atom. The maximum absolute atomic E-state index is 12.1. The molecule has 0 bridgehead atoms. The van der Waals surface area contributed by atoms with Gasteiger partial charge in [-0.05, 0) is 33.6 Å². The van der Waals surface area contributed by atoms with E-state index in [2.05, 4.69) is 5.32 Å². The van der Waals surface area contributed by atoms with E-state index in [0.29, 0.717) is 26.1 Å². The Kier molecular flexibility index (Phi) is 6.01. The van der Waals surface area contributed by atoms with Crippen LogP contribution in [-0.2, 0) is 14.3 Å². The van der Waals surface area contributed by atoms with Crippen molar-refractivity contribution in [3.63, 3.8) is 0 Å². The van der Waals surface area contributed by atoms with Crippen LogP contribution in [0.1, 0.15) is 47.0 Å². The number of likely N-dealkylation sites (tertiary alicyclic amines) is 1. The molecule has 1 rings (SSSR count). The molecule has 0 aromatic heterocycles. The number of amides is 2. The van der Waals surface area contributed by atoms with Crippen molar-refractivity contribution in [2.45, 2.75) is 58.2 Å². The molecule has 6 nitrogen and oxygen atoms in total. The Bertz CT molecular complexity index is 378. The lowest BCUT2D eigenvalue weighted by atomic mass is 10.00. The minimum absolute atomic E-state index is 0.0387. The lowest BCUT2D eigenvalue weighted by Crippen LogP contribution is -2.40. The number of hydrogen-bond donors (Lipinski definition) is 1. The van der Waals surface area contributed by atoms with E-state index in [1.807, 2.05) is 27.7 Å². The summed E-state index contributed by atoms with van der Waals surface area (Å²) < 4.78 is 11.3. The van der Waals surface area contributed by atoms with Crippen LogP contribution in [0.5, 0.6) is 0 Å². The molecule has 0 radical (unpaired) electrons. The molecule has 6 heteroatoms. The zero-order chi connectivity index (χ0) is 16.1. The van der Waals surface area contributed by atoms with E-state index >= 15 is 0 Å². The molecular formula is C15H28N2O4. The maximum atomic E-state index is 12.1. The smallest absolute Gasteiger partial charge is 0.410 e. The summed E-state index contributed by atoms with van der Waals surface area (Å²) in [4.78, 5) is 25.0. The summed E-state index contributed by atoms with van der Waals surface area (Å²) in [6.07, 6.45) is 1.62. The second kappa shape index (κ2) is 7.11. The standard InChI is InChI=1S/C15H28N2O4/c1-6-15(20-10-7-12(18)16-5)8-9-17(11-15)13(19)21-14(2,3)4/h6-11H2,1-5H3,(H,16,18). The van der Waals surface area contributed by atoms with Gasteiger partial charge < -0.3 is 19.7 Å². The normalized spacial score (nSPS) is 22.2. The molecule has 1 fully saturated rings. The zero-order valence-electron chi connectivity index (χ0n) is 13.8. The van der Waals surface area contributed by atoms with E-state index < -0.39 is 5.60 Å². The fourth-order valence-electron chi connectivity index (χ4n) is 2.32. The van der Waals surface area contributed by atoms with E-state index in [1.165, 1.54) is 0 Å². The van der Waals surface area contributed by atoms with Crippen molar-refractivity contribution in [1.29, 1.82) is 0 Å². The predicted molar refractivity (Wildman–Crippen MR) is 80.1 cm³/mol. The first-order chi connectivity index (χ1) is 9.71. The SMILES string of the molecule is CCC1(OCCC(=O)NC)CCN(C(=O)OC(C)(C)C)C1. The van der Waals surface area contributed by atoms with Crippen molar-refractivity contribution < 1.29 is 19.1 Å². The number of carbonyl (C=O) groups is 2. The van der Waals surface area contributed by atoms with Crippen molar-refractivity contribution in [3.05, 3.63) is 0 Å². The fraction of sp³-hybridized carbons (Fsp3) is 0.867. The van der Waals surface area contributed by atoms with Gasteiger partial charge in [0.15, 0.2) is 0 Å². The van der Waals surface area contributed by atoms with Gasteiger partial charge in [0.1, 0.15) is 5.60 Å². The molecule has 1 aliphatic rings. The molecule has 1 unspecified atom stereocenters. The third-order valence-corrected chi connectivity index (χ3v) is 3.63. The van der Waals surface area contributed by atoms with E-state index in [9.17, 15) is 9.59 Å². The monoisotopic (exact) mass is 300 g/mol. The van der Waals surface area contributed by atoms with Crippen LogP contribution in [0, 0.1) is 0 Å². The summed E-state index contributed by atoms with van der Waals surface area (Å²) in [7, 11) is 1.61. The van der Waals surface area contributed by atoms with Gasteiger partial charge in [-0.15, -0.1) is 0 Å². The van der Waals surface area contributed by atoms with Gasteiger partial charge >= 0.3 is 6.09 Å². The third kappa shape index (κ3) is 5.53. The molecule has 0 aromatic carbocycles. The van der Waals surface area contributed by atoms with Gasteiger partial charge in [-0.2, -0.15) is 0 Å². The van der Waals surface area contributed by atoms with E-state index in [0.717, 1.165) is 12.8 Å². The zero-order valence-corrected chi connectivity index (χ0v) is 13.8. The second-order valence-corrected chi connectivity index (χ2v) is 6.46. The number of nitrogens with one attached hydrogen (secondary N) is 1. The molecule has 21 heavy (non-hydrogen) atoms. The fourth-order valence-corrected chi connectivity index (χ4v) is 2.32. The average Bonchev–Trinajstić information content (AvgIpc) is 2.82. The van der Waals surface area contributed by atoms with Gasteiger partial charge in [-0.3, -0.25) is 4.79 Å². The van der Waals surface area contributed by atoms with Crippen LogP contribution >= 0.6 is 0 Å². The van der Waals surface area contributed by atoms with Crippen LogP contribution in [0.15, 0.2) is 0 Å². The highest BCUT2D eigenvalue weighted by Gasteiger charge is 2.40.